The van der Waals surface area contributed by atoms with Crippen LogP contribution in [0.3, 0.4) is 0 Å². The highest BCUT2D eigenvalue weighted by molar-refractivity contribution is 4.77. The molecule has 1 saturated carbocycles. The lowest BCUT2D eigenvalue weighted by molar-refractivity contribution is 0.165. The van der Waals surface area contributed by atoms with Crippen molar-refractivity contribution >= 4 is 0 Å². The van der Waals surface area contributed by atoms with Crippen LogP contribution in [0.4, 0.5) is 0 Å². The summed E-state index contributed by atoms with van der Waals surface area (Å²) in [4.78, 5) is 2.41. The van der Waals surface area contributed by atoms with Gasteiger partial charge in [0.05, 0.1) is 0 Å². The van der Waals surface area contributed by atoms with Crippen molar-refractivity contribution in [3.05, 3.63) is 0 Å². The molecule has 72 valence electrons. The smallest absolute Gasteiger partial charge is 0.0115 e. The van der Waals surface area contributed by atoms with Gasteiger partial charge in [0.1, 0.15) is 0 Å². The first-order valence-electron chi connectivity index (χ1n) is 5.42. The molecule has 1 aliphatic rings. The molecule has 0 aliphatic heterocycles. The van der Waals surface area contributed by atoms with Crippen LogP contribution in [0, 0.1) is 5.92 Å². The average Bonchev–Trinajstić information content (AvgIpc) is 2.07. The molecule has 0 amide bonds. The monoisotopic (exact) mass is 169 g/mol. The molecule has 0 aromatic rings. The quantitative estimate of drug-likeness (QED) is 0.628. The van der Waals surface area contributed by atoms with Gasteiger partial charge in [-0.15, -0.1) is 0 Å². The van der Waals surface area contributed by atoms with Gasteiger partial charge in [0.15, 0.2) is 0 Å². The van der Waals surface area contributed by atoms with Crippen LogP contribution < -0.4 is 0 Å². The second kappa shape index (κ2) is 4.86. The highest BCUT2D eigenvalue weighted by atomic mass is 15.1. The van der Waals surface area contributed by atoms with Gasteiger partial charge in [-0.1, -0.05) is 26.2 Å². The zero-order valence-electron chi connectivity index (χ0n) is 8.84. The summed E-state index contributed by atoms with van der Waals surface area (Å²) in [5.74, 6) is 0.985. The maximum absolute atomic E-state index is 2.41. The summed E-state index contributed by atoms with van der Waals surface area (Å²) < 4.78 is 0. The zero-order valence-corrected chi connectivity index (χ0v) is 8.84. The zero-order chi connectivity index (χ0) is 8.97. The minimum Gasteiger partial charge on any atom is -0.306 e. The Hall–Kier alpha value is -0.0400. The van der Waals surface area contributed by atoms with Crippen molar-refractivity contribution in [2.45, 2.75) is 51.5 Å². The van der Waals surface area contributed by atoms with Crippen molar-refractivity contribution in [3.8, 4) is 0 Å². The van der Waals surface area contributed by atoms with E-state index >= 15 is 0 Å². The predicted molar refractivity (Wildman–Crippen MR) is 54.3 cm³/mol. The first kappa shape index (κ1) is 10.0. The third-order valence-corrected chi connectivity index (χ3v) is 3.28. The summed E-state index contributed by atoms with van der Waals surface area (Å²) in [7, 11) is 4.45. The second-order valence-electron chi connectivity index (χ2n) is 4.34. The lowest BCUT2D eigenvalue weighted by Gasteiger charge is -2.34. The average molecular weight is 169 g/mol. The van der Waals surface area contributed by atoms with Crippen molar-refractivity contribution in [3.63, 3.8) is 0 Å². The van der Waals surface area contributed by atoms with E-state index in [0.29, 0.717) is 0 Å². The molecule has 1 aliphatic carbocycles. The fraction of sp³-hybridized carbons (Fsp3) is 1.00. The van der Waals surface area contributed by atoms with Gasteiger partial charge in [0.2, 0.25) is 0 Å². The third-order valence-electron chi connectivity index (χ3n) is 3.28. The van der Waals surface area contributed by atoms with Crippen molar-refractivity contribution in [1.82, 2.24) is 4.90 Å². The van der Waals surface area contributed by atoms with E-state index < -0.39 is 0 Å². The van der Waals surface area contributed by atoms with Crippen molar-refractivity contribution in [1.29, 1.82) is 0 Å². The Morgan fingerprint density at radius 1 is 1.17 bits per heavy atom. The largest absolute Gasteiger partial charge is 0.306 e. The molecule has 0 saturated heterocycles. The van der Waals surface area contributed by atoms with Gasteiger partial charge in [-0.25, -0.2) is 0 Å². The molecule has 0 aromatic carbocycles. The lowest BCUT2D eigenvalue weighted by atomic mass is 9.82. The van der Waals surface area contributed by atoms with E-state index in [1.807, 2.05) is 0 Å². The molecule has 1 heteroatoms. The topological polar surface area (TPSA) is 3.24 Å². The fourth-order valence-corrected chi connectivity index (χ4v) is 2.64. The van der Waals surface area contributed by atoms with E-state index in [-0.39, 0.29) is 0 Å². The van der Waals surface area contributed by atoms with Crippen LogP contribution in [0.5, 0.6) is 0 Å². The highest BCUT2D eigenvalue weighted by Gasteiger charge is 2.23. The van der Waals surface area contributed by atoms with E-state index in [0.717, 1.165) is 12.0 Å². The Morgan fingerprint density at radius 3 is 2.17 bits per heavy atom. The molecule has 0 spiro atoms. The van der Waals surface area contributed by atoms with E-state index in [9.17, 15) is 0 Å². The number of nitrogens with zero attached hydrogens (tertiary/aromatic N) is 1. The molecule has 0 heterocycles. The summed E-state index contributed by atoms with van der Waals surface area (Å²) in [6.45, 7) is 2.32. The summed E-state index contributed by atoms with van der Waals surface area (Å²) in [5, 5.41) is 0. The molecular formula is C11H23N. The molecule has 1 nitrogen and oxygen atoms in total. The molecular weight excluding hydrogens is 146 g/mol. The van der Waals surface area contributed by atoms with E-state index in [1.165, 1.54) is 38.5 Å². The molecule has 0 aromatic heterocycles. The van der Waals surface area contributed by atoms with Crippen LogP contribution in [-0.2, 0) is 0 Å². The van der Waals surface area contributed by atoms with Crippen molar-refractivity contribution < 1.29 is 0 Å². The Labute approximate surface area is 77.1 Å². The van der Waals surface area contributed by atoms with E-state index in [1.54, 1.807) is 0 Å². The Kier molecular flexibility index (Phi) is 4.07. The number of hydrogen-bond donors (Lipinski definition) is 0. The van der Waals surface area contributed by atoms with Crippen molar-refractivity contribution in [2.75, 3.05) is 14.1 Å². The molecule has 1 fully saturated rings. The third kappa shape index (κ3) is 2.48. The van der Waals surface area contributed by atoms with Crippen LogP contribution in [0.1, 0.15) is 45.4 Å². The van der Waals surface area contributed by atoms with Gasteiger partial charge in [-0.3, -0.25) is 0 Å². The standard InChI is InChI=1S/C11H23N/c1-4-11(12(2)3)10-8-6-5-7-9-10/h10-11H,4-9H2,1-3H3. The second-order valence-corrected chi connectivity index (χ2v) is 4.34. The maximum Gasteiger partial charge on any atom is 0.0115 e. The summed E-state index contributed by atoms with van der Waals surface area (Å²) in [6.07, 6.45) is 8.66. The molecule has 1 unspecified atom stereocenters. The van der Waals surface area contributed by atoms with Gasteiger partial charge in [0.25, 0.3) is 0 Å². The van der Waals surface area contributed by atoms with E-state index in [2.05, 4.69) is 25.9 Å². The maximum atomic E-state index is 2.41. The molecule has 12 heavy (non-hydrogen) atoms. The van der Waals surface area contributed by atoms with Crippen LogP contribution in [0.15, 0.2) is 0 Å². The van der Waals surface area contributed by atoms with Crippen LogP contribution >= 0.6 is 0 Å². The predicted octanol–water partition coefficient (Wildman–Crippen LogP) is 2.91. The Morgan fingerprint density at radius 2 is 1.75 bits per heavy atom. The van der Waals surface area contributed by atoms with Crippen molar-refractivity contribution in [2.24, 2.45) is 5.92 Å². The Bertz CT molecular complexity index is 114. The minimum atomic E-state index is 0.838. The van der Waals surface area contributed by atoms with Gasteiger partial charge in [0, 0.05) is 6.04 Å². The first-order valence-corrected chi connectivity index (χ1v) is 5.42. The number of hydrogen-bond acceptors (Lipinski definition) is 1. The normalized spacial score (nSPS) is 23.0. The molecule has 1 rings (SSSR count). The van der Waals surface area contributed by atoms with Crippen LogP contribution in [0.25, 0.3) is 0 Å². The molecule has 1 atom stereocenters. The summed E-state index contributed by atoms with van der Waals surface area (Å²) >= 11 is 0. The molecule has 0 radical (unpaired) electrons. The van der Waals surface area contributed by atoms with Gasteiger partial charge in [-0.05, 0) is 39.3 Å². The fourth-order valence-electron chi connectivity index (χ4n) is 2.64. The summed E-state index contributed by atoms with van der Waals surface area (Å²) in [5.41, 5.74) is 0. The van der Waals surface area contributed by atoms with E-state index in [4.69, 9.17) is 0 Å². The Balaban J connectivity index is 2.40. The van der Waals surface area contributed by atoms with Gasteiger partial charge in [-0.2, -0.15) is 0 Å². The number of rotatable bonds is 3. The highest BCUT2D eigenvalue weighted by Crippen LogP contribution is 2.29. The SMILES string of the molecule is CCC(C1CCCCC1)N(C)C. The van der Waals surface area contributed by atoms with Gasteiger partial charge >= 0.3 is 0 Å². The van der Waals surface area contributed by atoms with Crippen LogP contribution in [-0.4, -0.2) is 25.0 Å². The minimum absolute atomic E-state index is 0.838. The summed E-state index contributed by atoms with van der Waals surface area (Å²) in [6, 6.07) is 0.838. The molecule has 0 bridgehead atoms. The van der Waals surface area contributed by atoms with Crippen LogP contribution in [0.2, 0.25) is 0 Å². The van der Waals surface area contributed by atoms with Gasteiger partial charge < -0.3 is 4.90 Å². The lowest BCUT2D eigenvalue weighted by Crippen LogP contribution is -2.35. The molecule has 0 N–H and O–H groups in total. The first-order chi connectivity index (χ1) is 5.75.